The van der Waals surface area contributed by atoms with Gasteiger partial charge in [-0.2, -0.15) is 0 Å². The average Bonchev–Trinajstić information content (AvgIpc) is 1.59. The molecule has 0 atom stereocenters. The first-order valence-corrected chi connectivity index (χ1v) is 41.6. The number of hydrogen-bond donors (Lipinski definition) is 1. The fraction of sp³-hybridized carbons (Fsp3) is 0. The van der Waals surface area contributed by atoms with Gasteiger partial charge in [-0.1, -0.05) is 359 Å². The Bertz CT molecular complexity index is 6770. The molecule has 564 valence electrons. The molecule has 0 fully saturated rings. The van der Waals surface area contributed by atoms with Gasteiger partial charge in [0.05, 0.1) is 11.4 Å². The van der Waals surface area contributed by atoms with E-state index in [1.165, 1.54) is 88.3 Å². The van der Waals surface area contributed by atoms with Crippen LogP contribution in [0.4, 0.5) is 45.5 Å². The molecule has 0 unspecified atom stereocenters. The number of benzene rings is 20. The molecule has 1 N–H and O–H groups in total. The van der Waals surface area contributed by atoms with Crippen molar-refractivity contribution in [1.82, 2.24) is 0 Å². The van der Waals surface area contributed by atoms with Crippen LogP contribution in [0.5, 0.6) is 0 Å². The first-order valence-electron chi connectivity index (χ1n) is 40.0. The summed E-state index contributed by atoms with van der Waals surface area (Å²) in [6, 6.07) is 159. The molecule has 0 aliphatic heterocycles. The third kappa shape index (κ3) is 14.6. The molecule has 0 aliphatic carbocycles. The van der Waals surface area contributed by atoms with Crippen LogP contribution in [-0.2, 0) is 0 Å². The molecule has 2 heterocycles. The Morgan fingerprint density at radius 2 is 0.370 bits per heavy atom. The molecule has 7 heteroatoms. The summed E-state index contributed by atoms with van der Waals surface area (Å²) in [6.45, 7) is 0. The Labute approximate surface area is 707 Å². The molecule has 0 aliphatic rings. The Balaban J connectivity index is 0.000000152. The average molecular weight is 1650 g/mol. The van der Waals surface area contributed by atoms with E-state index in [1.54, 1.807) is 0 Å². The normalized spacial score (nSPS) is 11.3. The maximum atomic E-state index is 7.16. The molecule has 22 rings (SSSR count). The van der Waals surface area contributed by atoms with Crippen LogP contribution < -0.4 is 15.1 Å². The molecule has 5 nitrogen and oxygen atoms in total. The lowest BCUT2D eigenvalue weighted by atomic mass is 9.97. The monoisotopic (exact) mass is 1650 g/mol. The van der Waals surface area contributed by atoms with Crippen molar-refractivity contribution >= 4 is 164 Å². The predicted molar refractivity (Wildman–Crippen MR) is 511 cm³/mol. The van der Waals surface area contributed by atoms with Crippen LogP contribution in [0.2, 0.25) is 0 Å². The molecule has 0 spiro atoms. The van der Waals surface area contributed by atoms with E-state index in [9.17, 15) is 0 Å². The second kappa shape index (κ2) is 32.6. The zero-order valence-electron chi connectivity index (χ0n) is 64.7. The van der Waals surface area contributed by atoms with Crippen molar-refractivity contribution in [2.24, 2.45) is 0 Å². The van der Waals surface area contributed by atoms with Gasteiger partial charge in [-0.25, -0.2) is 0 Å². The van der Waals surface area contributed by atoms with Gasteiger partial charge in [0.25, 0.3) is 0 Å². The Kier molecular flexibility index (Phi) is 20.1. The lowest BCUT2D eigenvalue weighted by Gasteiger charge is -2.27. The van der Waals surface area contributed by atoms with Gasteiger partial charge in [-0.05, 0) is 210 Å². The number of hydrogen-bond acceptors (Lipinski definition) is 5. The van der Waals surface area contributed by atoms with Gasteiger partial charge in [0.15, 0.2) is 0 Å². The van der Waals surface area contributed by atoms with Crippen LogP contribution in [0.25, 0.3) is 154 Å². The first kappa shape index (κ1) is 73.3. The highest BCUT2D eigenvalue weighted by atomic mass is 79.9. The van der Waals surface area contributed by atoms with Crippen LogP contribution >= 0.6 is 31.9 Å². The molecule has 22 aromatic rings. The summed E-state index contributed by atoms with van der Waals surface area (Å²) < 4.78 is 15.6. The minimum absolute atomic E-state index is 0.827. The van der Waals surface area contributed by atoms with E-state index in [4.69, 9.17) is 8.83 Å². The molecule has 0 bridgehead atoms. The number of rotatable bonds is 14. The Hall–Kier alpha value is -14.6. The lowest BCUT2D eigenvalue weighted by Crippen LogP contribution is -2.10. The minimum atomic E-state index is 0.827. The van der Waals surface area contributed by atoms with Crippen LogP contribution in [0.3, 0.4) is 0 Å². The van der Waals surface area contributed by atoms with Crippen molar-refractivity contribution in [2.45, 2.75) is 0 Å². The second-order valence-corrected chi connectivity index (χ2v) is 31.4. The summed E-state index contributed by atoms with van der Waals surface area (Å²) in [4.78, 5) is 4.76. The number of nitrogens with one attached hydrogen (secondary N) is 1. The zero-order valence-corrected chi connectivity index (χ0v) is 67.9. The maximum absolute atomic E-state index is 7.16. The van der Waals surface area contributed by atoms with E-state index in [0.29, 0.717) is 0 Å². The Morgan fingerprint density at radius 1 is 0.168 bits per heavy atom. The fourth-order valence-corrected chi connectivity index (χ4v) is 17.7. The maximum Gasteiger partial charge on any atom is 0.136 e. The van der Waals surface area contributed by atoms with E-state index in [1.807, 2.05) is 36.4 Å². The highest BCUT2D eigenvalue weighted by Crippen LogP contribution is 2.49. The molecule has 20 aromatic carbocycles. The second-order valence-electron chi connectivity index (χ2n) is 29.7. The summed E-state index contributed by atoms with van der Waals surface area (Å²) in [5, 5.41) is 17.1. The topological polar surface area (TPSA) is 44.8 Å². The van der Waals surface area contributed by atoms with Crippen molar-refractivity contribution in [3.05, 3.63) is 458 Å². The number of halogens is 2. The fourth-order valence-electron chi connectivity index (χ4n) is 16.8. The molecule has 119 heavy (non-hydrogen) atoms. The van der Waals surface area contributed by atoms with E-state index >= 15 is 0 Å². The van der Waals surface area contributed by atoms with Gasteiger partial charge >= 0.3 is 0 Å². The van der Waals surface area contributed by atoms with E-state index in [2.05, 4.69) is 459 Å². The first-order chi connectivity index (χ1) is 58.8. The number of nitrogens with zero attached hydrogens (tertiary/aromatic N) is 2. The summed E-state index contributed by atoms with van der Waals surface area (Å²) >= 11 is 7.33. The molecule has 0 radical (unpaired) electrons. The van der Waals surface area contributed by atoms with Gasteiger partial charge in [0, 0.05) is 86.2 Å². The van der Waals surface area contributed by atoms with Crippen molar-refractivity contribution in [3.8, 4) is 66.8 Å². The molecule has 0 amide bonds. The quantitative estimate of drug-likeness (QED) is 0.118. The van der Waals surface area contributed by atoms with Crippen molar-refractivity contribution in [3.63, 3.8) is 0 Å². The lowest BCUT2D eigenvalue weighted by molar-refractivity contribution is 0.663. The van der Waals surface area contributed by atoms with Crippen molar-refractivity contribution in [1.29, 1.82) is 0 Å². The van der Waals surface area contributed by atoms with Crippen LogP contribution in [0, 0.1) is 0 Å². The predicted octanol–water partition coefficient (Wildman–Crippen LogP) is 33.7. The van der Waals surface area contributed by atoms with Crippen LogP contribution in [0.1, 0.15) is 0 Å². The van der Waals surface area contributed by atoms with Crippen molar-refractivity contribution < 1.29 is 8.83 Å². The molecule has 0 saturated carbocycles. The molecule has 0 saturated heterocycles. The van der Waals surface area contributed by atoms with Gasteiger partial charge in [-0.15, -0.1) is 0 Å². The van der Waals surface area contributed by atoms with Crippen molar-refractivity contribution in [2.75, 3.05) is 15.1 Å². The van der Waals surface area contributed by atoms with Gasteiger partial charge < -0.3 is 24.0 Å². The summed E-state index contributed by atoms with van der Waals surface area (Å²) in [5.41, 5.74) is 26.4. The van der Waals surface area contributed by atoms with Crippen LogP contribution in [-0.4, -0.2) is 0 Å². The van der Waals surface area contributed by atoms with E-state index in [-0.39, 0.29) is 0 Å². The Morgan fingerprint density at radius 3 is 0.622 bits per heavy atom. The third-order valence-corrected chi connectivity index (χ3v) is 23.9. The summed E-state index contributed by atoms with van der Waals surface area (Å²) in [5.74, 6) is 0. The van der Waals surface area contributed by atoms with E-state index < -0.39 is 0 Å². The van der Waals surface area contributed by atoms with Gasteiger partial charge in [-0.3, -0.25) is 0 Å². The highest BCUT2D eigenvalue weighted by Gasteiger charge is 2.24. The third-order valence-electron chi connectivity index (χ3n) is 22.6. The van der Waals surface area contributed by atoms with Crippen LogP contribution in [0.15, 0.2) is 467 Å². The van der Waals surface area contributed by atoms with Gasteiger partial charge in [0.1, 0.15) is 22.3 Å². The zero-order chi connectivity index (χ0) is 79.5. The number of fused-ring (bicyclic) bond motifs is 2. The molecular formula is C112H75Br2N3O2. The van der Waals surface area contributed by atoms with E-state index in [0.717, 1.165) is 120 Å². The molecule has 2 aromatic heterocycles. The SMILES string of the molecule is Brc1ccc2oc3ccc(Br)c4cccc(c5cccc1c25)c34.c1ccc(-c2ccc(N(c3ccc(-c4ccccc4)cc3)c3ccc4oc5ccc(N(c6ccc(-c7ccccc7)cc6)c6ccc(-c7ccccc7)cc6)c6cccc(c7cccc3c47)c56)cc2)cc1.c1ccc(-c2ccc(Nc3ccc(-c4ccccc4)cc3)cc2)cc1. The summed E-state index contributed by atoms with van der Waals surface area (Å²) in [6.07, 6.45) is 0. The molecular weight excluding hydrogens is 1580 g/mol. The number of anilines is 8. The summed E-state index contributed by atoms with van der Waals surface area (Å²) in [7, 11) is 0. The highest BCUT2D eigenvalue weighted by molar-refractivity contribution is 9.11. The smallest absolute Gasteiger partial charge is 0.136 e. The van der Waals surface area contributed by atoms with Gasteiger partial charge in [0.2, 0.25) is 0 Å². The standard InChI is InChI=1S/C68H46N2O.C24H19N.C20H10Br2O/c1-5-15-47(16-6-1)51-27-35-55(36-28-51)69(56-37-29-52(30-38-56)48-17-7-2-8-18-48)63-43-45-65-67-59(23-13-25-61(63)67)60-24-14-26-62-64(44-46-66(71-65)68(60)62)70(57-39-31-53(32-40-57)49-19-9-3-10-20-49)58-41-33-54(34-42-58)50-21-11-4-12-22-50;1-3-7-19(8-4-1)21-11-15-23(16-12-21)25-24-17-13-22(14-18-24)20-9-5-2-6-10-20;21-15-7-9-17-19-11(3-1-5-13(15)19)12-4-2-6-14-16(22)8-10-18(23-17)20(12)14/h1-46H;1-18,25H;1-10H. The largest absolute Gasteiger partial charge is 0.456 e. The minimum Gasteiger partial charge on any atom is -0.456 e.